The van der Waals surface area contributed by atoms with Gasteiger partial charge in [0.15, 0.2) is 0 Å². The van der Waals surface area contributed by atoms with Crippen LogP contribution in [0.15, 0.2) is 42.5 Å². The minimum absolute atomic E-state index is 0.111. The SMILES string of the molecule is CCCCCc1ccc(-c2ccc(CCC)cc2F)cc1. The molecule has 0 atom stereocenters. The summed E-state index contributed by atoms with van der Waals surface area (Å²) < 4.78 is 14.2. The molecule has 0 spiro atoms. The normalized spacial score (nSPS) is 10.8. The van der Waals surface area contributed by atoms with Crippen LogP contribution in [0.4, 0.5) is 4.39 Å². The summed E-state index contributed by atoms with van der Waals surface area (Å²) in [5, 5.41) is 0. The standard InChI is InChI=1S/C20H25F/c1-3-5-6-8-16-9-12-18(13-10-16)19-14-11-17(7-4-2)15-20(19)21/h9-15H,3-8H2,1-2H3. The molecule has 0 aliphatic carbocycles. The first-order valence-electron chi connectivity index (χ1n) is 8.12. The highest BCUT2D eigenvalue weighted by atomic mass is 19.1. The maximum Gasteiger partial charge on any atom is 0.131 e. The average Bonchev–Trinajstić information content (AvgIpc) is 2.49. The molecule has 0 bridgehead atoms. The second kappa shape index (κ2) is 7.97. The molecule has 0 saturated carbocycles. The van der Waals surface area contributed by atoms with Gasteiger partial charge in [0, 0.05) is 5.56 Å². The summed E-state index contributed by atoms with van der Waals surface area (Å²) in [4.78, 5) is 0. The van der Waals surface area contributed by atoms with E-state index in [1.54, 1.807) is 6.07 Å². The Labute approximate surface area is 128 Å². The van der Waals surface area contributed by atoms with Gasteiger partial charge in [-0.2, -0.15) is 0 Å². The average molecular weight is 284 g/mol. The summed E-state index contributed by atoms with van der Waals surface area (Å²) >= 11 is 0. The first kappa shape index (κ1) is 15.8. The van der Waals surface area contributed by atoms with Crippen LogP contribution >= 0.6 is 0 Å². The van der Waals surface area contributed by atoms with Crippen LogP contribution in [-0.4, -0.2) is 0 Å². The molecule has 1 heteroatoms. The summed E-state index contributed by atoms with van der Waals surface area (Å²) in [6.45, 7) is 4.33. The second-order valence-electron chi connectivity index (χ2n) is 5.72. The first-order valence-corrected chi connectivity index (χ1v) is 8.12. The number of hydrogen-bond donors (Lipinski definition) is 0. The third kappa shape index (κ3) is 4.42. The molecular formula is C20H25F. The molecule has 0 amide bonds. The van der Waals surface area contributed by atoms with Crippen LogP contribution in [0.25, 0.3) is 11.1 Å². The van der Waals surface area contributed by atoms with E-state index in [9.17, 15) is 4.39 Å². The van der Waals surface area contributed by atoms with Crippen molar-refractivity contribution in [2.75, 3.05) is 0 Å². The highest BCUT2D eigenvalue weighted by molar-refractivity contribution is 5.64. The Bertz CT molecular complexity index is 555. The van der Waals surface area contributed by atoms with Crippen molar-refractivity contribution in [2.45, 2.75) is 52.4 Å². The van der Waals surface area contributed by atoms with E-state index in [2.05, 4.69) is 26.0 Å². The van der Waals surface area contributed by atoms with Gasteiger partial charge in [-0.3, -0.25) is 0 Å². The highest BCUT2D eigenvalue weighted by Gasteiger charge is 2.06. The second-order valence-corrected chi connectivity index (χ2v) is 5.72. The van der Waals surface area contributed by atoms with E-state index in [0.29, 0.717) is 5.56 Å². The third-order valence-corrected chi connectivity index (χ3v) is 3.91. The van der Waals surface area contributed by atoms with Crippen molar-refractivity contribution in [1.82, 2.24) is 0 Å². The monoisotopic (exact) mass is 284 g/mol. The molecular weight excluding hydrogens is 259 g/mol. The number of rotatable bonds is 7. The van der Waals surface area contributed by atoms with E-state index in [4.69, 9.17) is 0 Å². The molecule has 112 valence electrons. The van der Waals surface area contributed by atoms with Gasteiger partial charge >= 0.3 is 0 Å². The number of hydrogen-bond acceptors (Lipinski definition) is 0. The van der Waals surface area contributed by atoms with Crippen molar-refractivity contribution >= 4 is 0 Å². The molecule has 0 heterocycles. The van der Waals surface area contributed by atoms with Crippen LogP contribution in [0.3, 0.4) is 0 Å². The summed E-state index contributed by atoms with van der Waals surface area (Å²) in [5.74, 6) is -0.111. The number of benzene rings is 2. The Morgan fingerprint density at radius 1 is 0.762 bits per heavy atom. The maximum absolute atomic E-state index is 14.2. The number of unbranched alkanes of at least 4 members (excludes halogenated alkanes) is 2. The fraction of sp³-hybridized carbons (Fsp3) is 0.400. The lowest BCUT2D eigenvalue weighted by Crippen LogP contribution is -1.90. The highest BCUT2D eigenvalue weighted by Crippen LogP contribution is 2.25. The lowest BCUT2D eigenvalue weighted by atomic mass is 9.99. The molecule has 0 aromatic heterocycles. The van der Waals surface area contributed by atoms with Gasteiger partial charge < -0.3 is 0 Å². The zero-order chi connectivity index (χ0) is 15.1. The van der Waals surface area contributed by atoms with Crippen molar-refractivity contribution in [3.63, 3.8) is 0 Å². The van der Waals surface area contributed by atoms with Crippen LogP contribution in [0, 0.1) is 5.82 Å². The molecule has 0 unspecified atom stereocenters. The molecule has 0 aliphatic heterocycles. The molecule has 2 aromatic rings. The molecule has 21 heavy (non-hydrogen) atoms. The van der Waals surface area contributed by atoms with Crippen molar-refractivity contribution in [2.24, 2.45) is 0 Å². The summed E-state index contributed by atoms with van der Waals surface area (Å²) in [5.41, 5.74) is 4.09. The zero-order valence-corrected chi connectivity index (χ0v) is 13.2. The molecule has 0 N–H and O–H groups in total. The Hall–Kier alpha value is -1.63. The van der Waals surface area contributed by atoms with Gasteiger partial charge in [0.25, 0.3) is 0 Å². The molecule has 0 radical (unpaired) electrons. The third-order valence-electron chi connectivity index (χ3n) is 3.91. The van der Waals surface area contributed by atoms with Gasteiger partial charge in [0.05, 0.1) is 0 Å². The minimum Gasteiger partial charge on any atom is -0.206 e. The van der Waals surface area contributed by atoms with Gasteiger partial charge in [-0.05, 0) is 42.0 Å². The fourth-order valence-electron chi connectivity index (χ4n) is 2.67. The van der Waals surface area contributed by atoms with Crippen molar-refractivity contribution in [3.05, 3.63) is 59.4 Å². The van der Waals surface area contributed by atoms with Crippen LogP contribution in [0.1, 0.15) is 50.7 Å². The topological polar surface area (TPSA) is 0 Å². The maximum atomic E-state index is 14.2. The molecule has 2 rings (SSSR count). The molecule has 2 aromatic carbocycles. The van der Waals surface area contributed by atoms with E-state index in [1.807, 2.05) is 24.3 Å². The Balaban J connectivity index is 2.11. The smallest absolute Gasteiger partial charge is 0.131 e. The van der Waals surface area contributed by atoms with Gasteiger partial charge in [-0.1, -0.05) is 69.5 Å². The van der Waals surface area contributed by atoms with Crippen LogP contribution < -0.4 is 0 Å². The lowest BCUT2D eigenvalue weighted by molar-refractivity contribution is 0.628. The van der Waals surface area contributed by atoms with E-state index in [-0.39, 0.29) is 5.82 Å². The summed E-state index contributed by atoms with van der Waals surface area (Å²) in [6.07, 6.45) is 6.85. The Morgan fingerprint density at radius 3 is 2.10 bits per heavy atom. The summed E-state index contributed by atoms with van der Waals surface area (Å²) in [6, 6.07) is 14.0. The molecule has 0 fully saturated rings. The minimum atomic E-state index is -0.111. The number of halogens is 1. The van der Waals surface area contributed by atoms with E-state index >= 15 is 0 Å². The molecule has 0 saturated heterocycles. The largest absolute Gasteiger partial charge is 0.206 e. The van der Waals surface area contributed by atoms with E-state index < -0.39 is 0 Å². The van der Waals surface area contributed by atoms with Gasteiger partial charge in [0.1, 0.15) is 5.82 Å². The van der Waals surface area contributed by atoms with Crippen LogP contribution in [-0.2, 0) is 12.8 Å². The van der Waals surface area contributed by atoms with E-state index in [1.165, 1.54) is 24.8 Å². The van der Waals surface area contributed by atoms with Gasteiger partial charge in [-0.15, -0.1) is 0 Å². The lowest BCUT2D eigenvalue weighted by Gasteiger charge is -2.07. The predicted octanol–water partition coefficient (Wildman–Crippen LogP) is 6.18. The predicted molar refractivity (Wildman–Crippen MR) is 89.1 cm³/mol. The van der Waals surface area contributed by atoms with Gasteiger partial charge in [0.2, 0.25) is 0 Å². The Morgan fingerprint density at radius 2 is 1.48 bits per heavy atom. The van der Waals surface area contributed by atoms with Crippen LogP contribution in [0.5, 0.6) is 0 Å². The Kier molecular flexibility index (Phi) is 5.98. The van der Waals surface area contributed by atoms with Gasteiger partial charge in [-0.25, -0.2) is 4.39 Å². The molecule has 0 nitrogen and oxygen atoms in total. The fourth-order valence-corrected chi connectivity index (χ4v) is 2.67. The summed E-state index contributed by atoms with van der Waals surface area (Å²) in [7, 11) is 0. The van der Waals surface area contributed by atoms with Crippen LogP contribution in [0.2, 0.25) is 0 Å². The van der Waals surface area contributed by atoms with Crippen molar-refractivity contribution in [1.29, 1.82) is 0 Å². The van der Waals surface area contributed by atoms with E-state index in [0.717, 1.165) is 30.4 Å². The zero-order valence-electron chi connectivity index (χ0n) is 13.2. The van der Waals surface area contributed by atoms with Crippen molar-refractivity contribution < 1.29 is 4.39 Å². The first-order chi connectivity index (χ1) is 10.2. The van der Waals surface area contributed by atoms with Crippen molar-refractivity contribution in [3.8, 4) is 11.1 Å². The molecule has 0 aliphatic rings. The quantitative estimate of drug-likeness (QED) is 0.533. The number of aryl methyl sites for hydroxylation is 2.